The van der Waals surface area contributed by atoms with Gasteiger partial charge in [-0.1, -0.05) is 44.2 Å². The van der Waals surface area contributed by atoms with Crippen LogP contribution in [-0.2, 0) is 6.54 Å². The van der Waals surface area contributed by atoms with Crippen molar-refractivity contribution >= 4 is 17.4 Å². The second-order valence-electron chi connectivity index (χ2n) is 4.81. The minimum atomic E-state index is -0.868. The Balaban J connectivity index is 0.000000956. The largest absolute Gasteiger partial charge is 0.341 e. The number of benzene rings is 1. The number of carbonyl (C=O) groups excluding carboxylic acids is 1. The normalized spacial score (nSPS) is 10.7. The van der Waals surface area contributed by atoms with Crippen LogP contribution in [0.1, 0.15) is 43.7 Å². The predicted octanol–water partition coefficient (Wildman–Crippen LogP) is 4.76. The van der Waals surface area contributed by atoms with Gasteiger partial charge in [-0.25, -0.2) is 0 Å². The van der Waals surface area contributed by atoms with Crippen molar-refractivity contribution in [3.63, 3.8) is 0 Å². The highest BCUT2D eigenvalue weighted by Gasteiger charge is 2.27. The van der Waals surface area contributed by atoms with E-state index >= 15 is 0 Å². The van der Waals surface area contributed by atoms with Gasteiger partial charge < -0.3 is 4.57 Å². The molecule has 0 N–H and O–H groups in total. The third-order valence-electron chi connectivity index (χ3n) is 2.80. The van der Waals surface area contributed by atoms with Crippen LogP contribution in [0.4, 0.5) is 0 Å². The molecular weight excluding hydrogens is 270 g/mol. The fourth-order valence-corrected chi connectivity index (χ4v) is 1.94. The first-order valence-electron chi connectivity index (χ1n) is 6.91. The van der Waals surface area contributed by atoms with E-state index in [0.717, 1.165) is 5.56 Å². The molecule has 0 atom stereocenters. The van der Waals surface area contributed by atoms with Gasteiger partial charge in [-0.15, -0.1) is 11.6 Å². The molecule has 3 heteroatoms. The van der Waals surface area contributed by atoms with Gasteiger partial charge in [-0.05, 0) is 31.5 Å². The van der Waals surface area contributed by atoms with Gasteiger partial charge in [0.2, 0.25) is 0 Å². The smallest absolute Gasteiger partial charge is 0.199 e. The van der Waals surface area contributed by atoms with Crippen molar-refractivity contribution in [3.8, 4) is 0 Å². The van der Waals surface area contributed by atoms with Crippen LogP contribution in [0.2, 0.25) is 0 Å². The van der Waals surface area contributed by atoms with Crippen molar-refractivity contribution in [1.82, 2.24) is 4.57 Å². The Morgan fingerprint density at radius 1 is 1.10 bits per heavy atom. The molecule has 108 valence electrons. The standard InChI is InChI=1S/C15H16ClNO.C2H6/c1-15(2,16)14(18)13-9-6-10-17(13)11-12-7-4-3-5-8-12;1-2/h3-10H,11H2,1-2H3;1-2H3. The lowest BCUT2D eigenvalue weighted by Gasteiger charge is -2.16. The van der Waals surface area contributed by atoms with Gasteiger partial charge in [0.25, 0.3) is 0 Å². The number of carbonyl (C=O) groups is 1. The highest BCUT2D eigenvalue weighted by atomic mass is 35.5. The zero-order valence-corrected chi connectivity index (χ0v) is 13.3. The van der Waals surface area contributed by atoms with Gasteiger partial charge >= 0.3 is 0 Å². The lowest BCUT2D eigenvalue weighted by Crippen LogP contribution is -2.27. The Labute approximate surface area is 126 Å². The zero-order valence-electron chi connectivity index (χ0n) is 12.6. The first-order chi connectivity index (χ1) is 9.48. The molecule has 0 aliphatic carbocycles. The van der Waals surface area contributed by atoms with Crippen molar-refractivity contribution in [2.75, 3.05) is 0 Å². The summed E-state index contributed by atoms with van der Waals surface area (Å²) in [7, 11) is 0. The number of alkyl halides is 1. The van der Waals surface area contributed by atoms with Gasteiger partial charge in [0.15, 0.2) is 5.78 Å². The van der Waals surface area contributed by atoms with Crippen LogP contribution >= 0.6 is 11.6 Å². The molecule has 1 aromatic carbocycles. The molecule has 2 rings (SSSR count). The maximum Gasteiger partial charge on any atom is 0.199 e. The number of rotatable bonds is 4. The molecule has 1 aromatic heterocycles. The van der Waals surface area contributed by atoms with Crippen LogP contribution in [0, 0.1) is 0 Å². The van der Waals surface area contributed by atoms with Crippen LogP contribution in [0.3, 0.4) is 0 Å². The first-order valence-corrected chi connectivity index (χ1v) is 7.29. The second kappa shape index (κ2) is 7.30. The molecule has 2 aromatic rings. The predicted molar refractivity (Wildman–Crippen MR) is 85.6 cm³/mol. The fourth-order valence-electron chi connectivity index (χ4n) is 1.84. The van der Waals surface area contributed by atoms with Gasteiger partial charge in [-0.2, -0.15) is 0 Å². The number of Topliss-reactive ketones (excluding diaryl/α,β-unsaturated/α-hetero) is 1. The molecule has 20 heavy (non-hydrogen) atoms. The van der Waals surface area contributed by atoms with Gasteiger partial charge in [0, 0.05) is 12.7 Å². The van der Waals surface area contributed by atoms with Crippen LogP contribution in [0.5, 0.6) is 0 Å². The summed E-state index contributed by atoms with van der Waals surface area (Å²) in [6.45, 7) is 8.12. The SMILES string of the molecule is CC.CC(C)(Cl)C(=O)c1cccn1Cc1ccccc1. The van der Waals surface area contributed by atoms with Crippen molar-refractivity contribution in [2.24, 2.45) is 0 Å². The van der Waals surface area contributed by atoms with Crippen LogP contribution in [0.15, 0.2) is 48.7 Å². The summed E-state index contributed by atoms with van der Waals surface area (Å²) in [5.74, 6) is -0.0508. The molecule has 0 bridgehead atoms. The Bertz CT molecular complexity index is 538. The maximum atomic E-state index is 12.2. The summed E-state index contributed by atoms with van der Waals surface area (Å²) in [5, 5.41) is 0. The van der Waals surface area contributed by atoms with Crippen molar-refractivity contribution in [3.05, 3.63) is 59.9 Å². The number of nitrogens with zero attached hydrogens (tertiary/aromatic N) is 1. The lowest BCUT2D eigenvalue weighted by molar-refractivity contribution is 0.0945. The van der Waals surface area contributed by atoms with E-state index in [1.807, 2.05) is 67.1 Å². The number of hydrogen-bond acceptors (Lipinski definition) is 1. The Morgan fingerprint density at radius 2 is 1.70 bits per heavy atom. The molecule has 0 unspecified atom stereocenters. The third-order valence-corrected chi connectivity index (χ3v) is 2.97. The summed E-state index contributed by atoms with van der Waals surface area (Å²) < 4.78 is 1.93. The van der Waals surface area contributed by atoms with Crippen molar-refractivity contribution in [1.29, 1.82) is 0 Å². The summed E-state index contributed by atoms with van der Waals surface area (Å²) in [6.07, 6.45) is 1.91. The monoisotopic (exact) mass is 291 g/mol. The summed E-state index contributed by atoms with van der Waals surface area (Å²) in [6, 6.07) is 13.7. The third kappa shape index (κ3) is 4.24. The molecule has 0 spiro atoms. The molecule has 0 radical (unpaired) electrons. The lowest BCUT2D eigenvalue weighted by atomic mass is 10.1. The molecule has 0 aliphatic rings. The first kappa shape index (κ1) is 16.5. The van der Waals surface area contributed by atoms with E-state index in [4.69, 9.17) is 11.6 Å². The summed E-state index contributed by atoms with van der Waals surface area (Å²) in [5.41, 5.74) is 1.81. The van der Waals surface area contributed by atoms with Crippen LogP contribution in [-0.4, -0.2) is 15.2 Å². The second-order valence-corrected chi connectivity index (χ2v) is 5.75. The van der Waals surface area contributed by atoms with Gasteiger partial charge in [-0.3, -0.25) is 4.79 Å². The maximum absolute atomic E-state index is 12.2. The topological polar surface area (TPSA) is 22.0 Å². The number of hydrogen-bond donors (Lipinski definition) is 0. The number of aromatic nitrogens is 1. The molecule has 0 saturated carbocycles. The van der Waals surface area contributed by atoms with E-state index in [9.17, 15) is 4.79 Å². The number of ketones is 1. The van der Waals surface area contributed by atoms with E-state index in [1.165, 1.54) is 0 Å². The van der Waals surface area contributed by atoms with Gasteiger partial charge in [0.05, 0.1) is 5.69 Å². The Hall–Kier alpha value is -1.54. The minimum Gasteiger partial charge on any atom is -0.341 e. The Morgan fingerprint density at radius 3 is 2.25 bits per heavy atom. The molecule has 0 amide bonds. The quantitative estimate of drug-likeness (QED) is 0.588. The van der Waals surface area contributed by atoms with Crippen LogP contribution in [0.25, 0.3) is 0 Å². The molecule has 1 heterocycles. The average Bonchev–Trinajstić information content (AvgIpc) is 2.88. The van der Waals surface area contributed by atoms with E-state index < -0.39 is 4.87 Å². The van der Waals surface area contributed by atoms with E-state index in [1.54, 1.807) is 13.8 Å². The highest BCUT2D eigenvalue weighted by Crippen LogP contribution is 2.20. The minimum absolute atomic E-state index is 0.0508. The van der Waals surface area contributed by atoms with Crippen molar-refractivity contribution < 1.29 is 4.79 Å². The number of halogens is 1. The van der Waals surface area contributed by atoms with E-state index in [2.05, 4.69) is 0 Å². The zero-order chi connectivity index (χ0) is 15.2. The molecular formula is C17H22ClNO. The van der Waals surface area contributed by atoms with Crippen LogP contribution < -0.4 is 0 Å². The van der Waals surface area contributed by atoms with E-state index in [-0.39, 0.29) is 5.78 Å². The molecule has 0 saturated heterocycles. The molecule has 0 fully saturated rings. The van der Waals surface area contributed by atoms with Gasteiger partial charge in [0.1, 0.15) is 4.87 Å². The Kier molecular flexibility index (Phi) is 6.03. The molecule has 0 aliphatic heterocycles. The highest BCUT2D eigenvalue weighted by molar-refractivity contribution is 6.37. The fraction of sp³-hybridized carbons (Fsp3) is 0.353. The van der Waals surface area contributed by atoms with E-state index in [0.29, 0.717) is 12.2 Å². The summed E-state index contributed by atoms with van der Waals surface area (Å²) in [4.78, 5) is 11.3. The van der Waals surface area contributed by atoms with Crippen molar-refractivity contribution in [2.45, 2.75) is 39.1 Å². The average molecular weight is 292 g/mol. The molecule has 2 nitrogen and oxygen atoms in total. The summed E-state index contributed by atoms with van der Waals surface area (Å²) >= 11 is 6.09.